The van der Waals surface area contributed by atoms with Crippen LogP contribution in [0.3, 0.4) is 0 Å². The number of hydrogen-bond acceptors (Lipinski definition) is 5. The van der Waals surface area contributed by atoms with E-state index in [0.717, 1.165) is 10.6 Å². The Hall–Kier alpha value is -2.54. The quantitative estimate of drug-likeness (QED) is 0.498. The van der Waals surface area contributed by atoms with Crippen LogP contribution in [-0.4, -0.2) is 37.4 Å². The molecule has 0 heterocycles. The van der Waals surface area contributed by atoms with Gasteiger partial charge in [-0.3, -0.25) is 9.59 Å². The molecule has 2 aromatic rings. The molecule has 1 N–H and O–H groups in total. The first-order valence-corrected chi connectivity index (χ1v) is 9.58. The highest BCUT2D eigenvalue weighted by atomic mass is 32.2. The Morgan fingerprint density at radius 2 is 1.85 bits per heavy atom. The fourth-order valence-corrected chi connectivity index (χ4v) is 2.91. The largest absolute Gasteiger partial charge is 0.494 e. The number of thioether (sulfide) groups is 1. The minimum Gasteiger partial charge on any atom is -0.494 e. The average Bonchev–Trinajstić information content (AvgIpc) is 2.67. The maximum atomic E-state index is 13.5. The SMILES string of the molecule is CCOc1ccc(SCC(=O)OCC(=O)NCCc2ccccc2F)cc1. The number of halogens is 1. The molecule has 0 spiro atoms. The molecular weight excluding hydrogens is 369 g/mol. The zero-order valence-corrected chi connectivity index (χ0v) is 15.9. The monoisotopic (exact) mass is 391 g/mol. The van der Waals surface area contributed by atoms with Gasteiger partial charge in [0, 0.05) is 11.4 Å². The van der Waals surface area contributed by atoms with E-state index in [9.17, 15) is 14.0 Å². The molecule has 5 nitrogen and oxygen atoms in total. The maximum Gasteiger partial charge on any atom is 0.316 e. The highest BCUT2D eigenvalue weighted by Crippen LogP contribution is 2.21. The lowest BCUT2D eigenvalue weighted by molar-refractivity contribution is -0.145. The Morgan fingerprint density at radius 3 is 2.56 bits per heavy atom. The third-order valence-corrected chi connectivity index (χ3v) is 4.52. The van der Waals surface area contributed by atoms with Gasteiger partial charge < -0.3 is 14.8 Å². The number of carbonyl (C=O) groups is 2. The molecule has 0 aliphatic heterocycles. The third-order valence-electron chi connectivity index (χ3n) is 3.53. The number of carbonyl (C=O) groups excluding carboxylic acids is 2. The van der Waals surface area contributed by atoms with Gasteiger partial charge in [-0.25, -0.2) is 4.39 Å². The molecule has 0 aliphatic carbocycles. The van der Waals surface area contributed by atoms with Crippen molar-refractivity contribution in [3.8, 4) is 5.75 Å². The van der Waals surface area contributed by atoms with E-state index in [4.69, 9.17) is 9.47 Å². The topological polar surface area (TPSA) is 64.6 Å². The molecule has 27 heavy (non-hydrogen) atoms. The summed E-state index contributed by atoms with van der Waals surface area (Å²) in [5.41, 5.74) is 0.529. The normalized spacial score (nSPS) is 10.3. The molecule has 0 radical (unpaired) electrons. The van der Waals surface area contributed by atoms with Crippen LogP contribution in [0.15, 0.2) is 53.4 Å². The zero-order chi connectivity index (χ0) is 19.5. The first-order valence-electron chi connectivity index (χ1n) is 8.60. The van der Waals surface area contributed by atoms with Crippen LogP contribution in [-0.2, 0) is 20.7 Å². The van der Waals surface area contributed by atoms with E-state index in [1.165, 1.54) is 17.8 Å². The summed E-state index contributed by atoms with van der Waals surface area (Å²) in [7, 11) is 0. The summed E-state index contributed by atoms with van der Waals surface area (Å²) < 4.78 is 23.8. The Balaban J connectivity index is 1.61. The molecule has 0 fully saturated rings. The molecule has 0 aromatic heterocycles. The van der Waals surface area contributed by atoms with E-state index in [0.29, 0.717) is 18.6 Å². The second-order valence-electron chi connectivity index (χ2n) is 5.55. The lowest BCUT2D eigenvalue weighted by atomic mass is 10.1. The Kier molecular flexibility index (Phi) is 8.64. The van der Waals surface area contributed by atoms with Gasteiger partial charge in [0.05, 0.1) is 12.4 Å². The summed E-state index contributed by atoms with van der Waals surface area (Å²) in [5.74, 6) is -0.305. The maximum absolute atomic E-state index is 13.5. The molecule has 0 aliphatic rings. The summed E-state index contributed by atoms with van der Waals surface area (Å²) in [6, 6.07) is 13.8. The lowest BCUT2D eigenvalue weighted by Crippen LogP contribution is -2.30. The first kappa shape index (κ1) is 20.8. The van der Waals surface area contributed by atoms with Gasteiger partial charge in [-0.15, -0.1) is 11.8 Å². The molecule has 0 saturated heterocycles. The van der Waals surface area contributed by atoms with E-state index in [1.807, 2.05) is 31.2 Å². The average molecular weight is 391 g/mol. The summed E-state index contributed by atoms with van der Waals surface area (Å²) in [5, 5.41) is 2.60. The van der Waals surface area contributed by atoms with E-state index < -0.39 is 11.9 Å². The number of ether oxygens (including phenoxy) is 2. The Morgan fingerprint density at radius 1 is 1.11 bits per heavy atom. The summed E-state index contributed by atoms with van der Waals surface area (Å²) in [6.07, 6.45) is 0.375. The number of nitrogens with one attached hydrogen (secondary N) is 1. The van der Waals surface area contributed by atoms with Crippen molar-refractivity contribution in [1.82, 2.24) is 5.32 Å². The van der Waals surface area contributed by atoms with Gasteiger partial charge in [-0.1, -0.05) is 18.2 Å². The fraction of sp³-hybridized carbons (Fsp3) is 0.300. The van der Waals surface area contributed by atoms with Gasteiger partial charge in [0.25, 0.3) is 5.91 Å². The minimum atomic E-state index is -0.474. The second-order valence-corrected chi connectivity index (χ2v) is 6.59. The van der Waals surface area contributed by atoms with Crippen molar-refractivity contribution in [2.75, 3.05) is 25.5 Å². The second kappa shape index (κ2) is 11.2. The van der Waals surface area contributed by atoms with E-state index in [1.54, 1.807) is 18.2 Å². The van der Waals surface area contributed by atoms with E-state index in [-0.39, 0.29) is 24.7 Å². The van der Waals surface area contributed by atoms with E-state index in [2.05, 4.69) is 5.32 Å². The van der Waals surface area contributed by atoms with Gasteiger partial charge in [-0.05, 0) is 49.2 Å². The first-order chi connectivity index (χ1) is 13.1. The Bertz CT molecular complexity index is 752. The summed E-state index contributed by atoms with van der Waals surface area (Å²) in [6.45, 7) is 2.44. The molecule has 0 atom stereocenters. The standard InChI is InChI=1S/C20H22FNO4S/c1-2-25-16-7-9-17(10-8-16)27-14-20(24)26-13-19(23)22-12-11-15-5-3-4-6-18(15)21/h3-10H,2,11-14H2,1H3,(H,22,23). The Labute approximate surface area is 162 Å². The minimum absolute atomic E-state index is 0.108. The number of rotatable bonds is 10. The van der Waals surface area contributed by atoms with Crippen LogP contribution in [0.2, 0.25) is 0 Å². The molecule has 7 heteroatoms. The highest BCUT2D eigenvalue weighted by Gasteiger charge is 2.09. The number of hydrogen-bond donors (Lipinski definition) is 1. The van der Waals surface area contributed by atoms with Crippen LogP contribution in [0.4, 0.5) is 4.39 Å². The van der Waals surface area contributed by atoms with Crippen LogP contribution >= 0.6 is 11.8 Å². The molecule has 2 aromatic carbocycles. The number of benzene rings is 2. The highest BCUT2D eigenvalue weighted by molar-refractivity contribution is 8.00. The van der Waals surface area contributed by atoms with Crippen LogP contribution in [0, 0.1) is 5.82 Å². The predicted molar refractivity (Wildman–Crippen MR) is 102 cm³/mol. The van der Waals surface area contributed by atoms with Crippen molar-refractivity contribution in [1.29, 1.82) is 0 Å². The molecular formula is C20H22FNO4S. The molecule has 1 amide bonds. The summed E-state index contributed by atoms with van der Waals surface area (Å²) in [4.78, 5) is 24.3. The fourth-order valence-electron chi connectivity index (χ4n) is 2.22. The molecule has 0 bridgehead atoms. The van der Waals surface area contributed by atoms with Gasteiger partial charge in [0.15, 0.2) is 6.61 Å². The number of esters is 1. The van der Waals surface area contributed by atoms with Crippen molar-refractivity contribution in [2.24, 2.45) is 0 Å². The van der Waals surface area contributed by atoms with Gasteiger partial charge >= 0.3 is 5.97 Å². The van der Waals surface area contributed by atoms with Crippen molar-refractivity contribution < 1.29 is 23.5 Å². The van der Waals surface area contributed by atoms with Crippen LogP contribution in [0.5, 0.6) is 5.75 Å². The lowest BCUT2D eigenvalue weighted by Gasteiger charge is -2.07. The van der Waals surface area contributed by atoms with Crippen LogP contribution in [0.1, 0.15) is 12.5 Å². The van der Waals surface area contributed by atoms with Crippen LogP contribution in [0.25, 0.3) is 0 Å². The molecule has 144 valence electrons. The van der Waals surface area contributed by atoms with Crippen molar-refractivity contribution in [3.05, 3.63) is 59.9 Å². The third kappa shape index (κ3) is 7.70. The molecule has 0 unspecified atom stereocenters. The predicted octanol–water partition coefficient (Wildman–Crippen LogP) is 3.22. The van der Waals surface area contributed by atoms with Gasteiger partial charge in [0.2, 0.25) is 0 Å². The summed E-state index contributed by atoms with van der Waals surface area (Å²) >= 11 is 1.32. The zero-order valence-electron chi connectivity index (χ0n) is 15.1. The number of amides is 1. The van der Waals surface area contributed by atoms with E-state index >= 15 is 0 Å². The van der Waals surface area contributed by atoms with Crippen molar-refractivity contribution in [3.63, 3.8) is 0 Å². The smallest absolute Gasteiger partial charge is 0.316 e. The van der Waals surface area contributed by atoms with Crippen LogP contribution < -0.4 is 10.1 Å². The van der Waals surface area contributed by atoms with Crippen molar-refractivity contribution in [2.45, 2.75) is 18.2 Å². The molecule has 0 saturated carbocycles. The molecule has 2 rings (SSSR count). The van der Waals surface area contributed by atoms with Gasteiger partial charge in [-0.2, -0.15) is 0 Å². The van der Waals surface area contributed by atoms with Gasteiger partial charge in [0.1, 0.15) is 11.6 Å². The van der Waals surface area contributed by atoms with Crippen molar-refractivity contribution >= 4 is 23.6 Å².